The lowest BCUT2D eigenvalue weighted by Gasteiger charge is -2.30. The zero-order chi connectivity index (χ0) is 30.3. The first-order valence-corrected chi connectivity index (χ1v) is 14.7. The fourth-order valence-corrected chi connectivity index (χ4v) is 5.78. The third kappa shape index (κ3) is 6.48. The molecule has 4 aromatic rings. The number of carbonyl (C=O) groups excluding carboxylic acids is 1. The number of likely N-dealkylation sites (tertiary alicyclic amines) is 1. The molecule has 1 aliphatic carbocycles. The SMILES string of the molecule is Nc1nc(NCCNc2nc(-c3ccc(Cl)cc3Cl)cc3nc(C4CCN(C5CC5)CC4)nn23)ccc1C(=O)C(F)(F)F. The van der Waals surface area contributed by atoms with Crippen LogP contribution in [0.25, 0.3) is 16.9 Å². The van der Waals surface area contributed by atoms with E-state index in [1.54, 1.807) is 22.7 Å². The number of nitrogens with zero attached hydrogens (tertiary/aromatic N) is 6. The number of Topliss-reactive ketones (excluding diaryl/α,β-unsaturated/α-hetero) is 1. The number of fused-ring (bicyclic) bond motifs is 1. The van der Waals surface area contributed by atoms with Gasteiger partial charge in [0, 0.05) is 41.7 Å². The molecule has 3 aromatic heterocycles. The van der Waals surface area contributed by atoms with E-state index >= 15 is 0 Å². The number of halogens is 5. The number of pyridine rings is 1. The topological polar surface area (TPSA) is 126 Å². The zero-order valence-corrected chi connectivity index (χ0v) is 24.3. The standard InChI is InChI=1S/C28H28Cl2F3N9O/c29-16-1-4-18(20(30)13-16)21-14-23-39-26(15-7-11-41(12-8-15)17-2-3-17)40-42(23)27(37-21)36-10-9-35-22-6-5-19(25(34)38-22)24(43)28(31,32)33/h1,4-6,13-15,17H,2-3,7-12H2,(H,36,37)(H3,34,35,38). The van der Waals surface area contributed by atoms with Gasteiger partial charge in [0.05, 0.1) is 16.3 Å². The monoisotopic (exact) mass is 633 g/mol. The molecule has 2 fully saturated rings. The molecule has 1 aliphatic heterocycles. The number of carbonyl (C=O) groups is 1. The van der Waals surface area contributed by atoms with E-state index in [0.717, 1.165) is 43.9 Å². The highest BCUT2D eigenvalue weighted by Crippen LogP contribution is 2.35. The van der Waals surface area contributed by atoms with Crippen molar-refractivity contribution in [3.05, 3.63) is 57.8 Å². The van der Waals surface area contributed by atoms with Gasteiger partial charge in [-0.15, -0.1) is 5.10 Å². The van der Waals surface area contributed by atoms with E-state index in [9.17, 15) is 18.0 Å². The van der Waals surface area contributed by atoms with Gasteiger partial charge < -0.3 is 21.3 Å². The Labute approximate surface area is 254 Å². The summed E-state index contributed by atoms with van der Waals surface area (Å²) in [5.74, 6) is -0.871. The minimum atomic E-state index is -5.03. The van der Waals surface area contributed by atoms with E-state index < -0.39 is 23.3 Å². The lowest BCUT2D eigenvalue weighted by atomic mass is 9.96. The van der Waals surface area contributed by atoms with E-state index in [1.165, 1.54) is 18.9 Å². The zero-order valence-electron chi connectivity index (χ0n) is 22.8. The van der Waals surface area contributed by atoms with Gasteiger partial charge in [-0.2, -0.15) is 17.7 Å². The quantitative estimate of drug-likeness (QED) is 0.157. The van der Waals surface area contributed by atoms with Crippen molar-refractivity contribution in [1.29, 1.82) is 0 Å². The first-order valence-electron chi connectivity index (χ1n) is 13.9. The molecular formula is C28H28Cl2F3N9O. The second-order valence-electron chi connectivity index (χ2n) is 10.7. The number of nitrogens with two attached hydrogens (primary N) is 1. The number of hydrogen-bond donors (Lipinski definition) is 3. The van der Waals surface area contributed by atoms with Crippen molar-refractivity contribution in [3.8, 4) is 11.3 Å². The van der Waals surface area contributed by atoms with Crippen LogP contribution in [-0.2, 0) is 0 Å². The molecular weight excluding hydrogens is 606 g/mol. The molecule has 0 unspecified atom stereocenters. The average Bonchev–Trinajstić information content (AvgIpc) is 3.73. The first-order chi connectivity index (χ1) is 20.6. The van der Waals surface area contributed by atoms with Crippen molar-refractivity contribution in [1.82, 2.24) is 29.5 Å². The van der Waals surface area contributed by atoms with Crippen LogP contribution in [0.3, 0.4) is 0 Å². The third-order valence-electron chi connectivity index (χ3n) is 7.65. The van der Waals surface area contributed by atoms with Gasteiger partial charge >= 0.3 is 6.18 Å². The molecule has 1 saturated heterocycles. The molecule has 4 N–H and O–H groups in total. The van der Waals surface area contributed by atoms with Crippen LogP contribution < -0.4 is 16.4 Å². The van der Waals surface area contributed by atoms with Crippen LogP contribution in [0.4, 0.5) is 30.8 Å². The summed E-state index contributed by atoms with van der Waals surface area (Å²) >= 11 is 12.6. The van der Waals surface area contributed by atoms with E-state index in [-0.39, 0.29) is 11.7 Å². The van der Waals surface area contributed by atoms with E-state index in [1.807, 2.05) is 6.07 Å². The Morgan fingerprint density at radius 3 is 2.40 bits per heavy atom. The lowest BCUT2D eigenvalue weighted by molar-refractivity contribution is -0.0884. The molecule has 1 saturated carbocycles. The molecule has 4 heterocycles. The average molecular weight is 634 g/mol. The molecule has 0 bridgehead atoms. The number of anilines is 3. The highest BCUT2D eigenvalue weighted by atomic mass is 35.5. The Bertz CT molecular complexity index is 1670. The highest BCUT2D eigenvalue weighted by molar-refractivity contribution is 6.36. The molecule has 1 aromatic carbocycles. The van der Waals surface area contributed by atoms with E-state index in [0.29, 0.717) is 46.0 Å². The maximum atomic E-state index is 12.8. The summed E-state index contributed by atoms with van der Waals surface area (Å²) < 4.78 is 40.0. The maximum Gasteiger partial charge on any atom is 0.455 e. The van der Waals surface area contributed by atoms with Gasteiger partial charge in [0.15, 0.2) is 11.5 Å². The van der Waals surface area contributed by atoms with Gasteiger partial charge in [-0.05, 0) is 69.1 Å². The van der Waals surface area contributed by atoms with E-state index in [2.05, 4.69) is 20.5 Å². The third-order valence-corrected chi connectivity index (χ3v) is 8.20. The molecule has 0 atom stereocenters. The van der Waals surface area contributed by atoms with Gasteiger partial charge in [-0.1, -0.05) is 23.2 Å². The second-order valence-corrected chi connectivity index (χ2v) is 11.5. The van der Waals surface area contributed by atoms with Gasteiger partial charge in [0.2, 0.25) is 5.95 Å². The van der Waals surface area contributed by atoms with E-state index in [4.69, 9.17) is 44.0 Å². The summed E-state index contributed by atoms with van der Waals surface area (Å²) in [6.07, 6.45) is -0.475. The number of piperidine rings is 1. The Morgan fingerprint density at radius 1 is 0.977 bits per heavy atom. The molecule has 6 rings (SSSR count). The lowest BCUT2D eigenvalue weighted by Crippen LogP contribution is -2.34. The largest absolute Gasteiger partial charge is 0.455 e. The molecule has 226 valence electrons. The summed E-state index contributed by atoms with van der Waals surface area (Å²) in [4.78, 5) is 27.6. The van der Waals surface area contributed by atoms with Crippen molar-refractivity contribution in [2.75, 3.05) is 42.5 Å². The van der Waals surface area contributed by atoms with Gasteiger partial charge in [0.25, 0.3) is 5.78 Å². The Morgan fingerprint density at radius 2 is 1.72 bits per heavy atom. The minimum Gasteiger partial charge on any atom is -0.383 e. The number of hydrogen-bond acceptors (Lipinski definition) is 9. The summed E-state index contributed by atoms with van der Waals surface area (Å²) in [6.45, 7) is 2.71. The first kappa shape index (κ1) is 29.4. The highest BCUT2D eigenvalue weighted by Gasteiger charge is 2.40. The van der Waals surface area contributed by atoms with Crippen molar-refractivity contribution >= 4 is 52.2 Å². The maximum absolute atomic E-state index is 12.8. The smallest absolute Gasteiger partial charge is 0.383 e. The Balaban J connectivity index is 1.20. The normalized spacial score (nSPS) is 16.5. The second kappa shape index (κ2) is 11.8. The summed E-state index contributed by atoms with van der Waals surface area (Å²) in [5.41, 5.74) is 6.82. The van der Waals surface area contributed by atoms with Crippen molar-refractivity contribution < 1.29 is 18.0 Å². The number of alkyl halides is 3. The van der Waals surface area contributed by atoms with Gasteiger partial charge in [0.1, 0.15) is 11.6 Å². The molecule has 0 spiro atoms. The predicted molar refractivity (Wildman–Crippen MR) is 159 cm³/mol. The van der Waals surface area contributed by atoms with Crippen LogP contribution >= 0.6 is 23.2 Å². The number of nitrogens with one attached hydrogen (secondary N) is 2. The molecule has 43 heavy (non-hydrogen) atoms. The summed E-state index contributed by atoms with van der Waals surface area (Å²) in [5, 5.41) is 12.0. The minimum absolute atomic E-state index is 0.221. The number of ketones is 1. The van der Waals surface area contributed by atoms with Crippen molar-refractivity contribution in [2.45, 2.75) is 43.8 Å². The molecule has 10 nitrogen and oxygen atoms in total. The summed E-state index contributed by atoms with van der Waals surface area (Å²) in [7, 11) is 0. The fraction of sp³-hybridized carbons (Fsp3) is 0.393. The molecule has 2 aliphatic rings. The molecule has 0 amide bonds. The van der Waals surface area contributed by atoms with Crippen molar-refractivity contribution in [3.63, 3.8) is 0 Å². The predicted octanol–water partition coefficient (Wildman–Crippen LogP) is 5.69. The van der Waals surface area contributed by atoms with Gasteiger partial charge in [-0.3, -0.25) is 4.79 Å². The number of benzene rings is 1. The molecule has 0 radical (unpaired) electrons. The Kier molecular flexibility index (Phi) is 8.05. The molecule has 15 heteroatoms. The van der Waals surface area contributed by atoms with Gasteiger partial charge in [-0.25, -0.2) is 15.0 Å². The van der Waals surface area contributed by atoms with Crippen LogP contribution in [0.2, 0.25) is 10.0 Å². The Hall–Kier alpha value is -3.68. The number of rotatable bonds is 9. The van der Waals surface area contributed by atoms with Crippen LogP contribution in [0.5, 0.6) is 0 Å². The van der Waals surface area contributed by atoms with Crippen LogP contribution in [-0.4, -0.2) is 73.6 Å². The summed E-state index contributed by atoms with van der Waals surface area (Å²) in [6, 6.07) is 10.0. The van der Waals surface area contributed by atoms with Crippen LogP contribution in [0.15, 0.2) is 36.4 Å². The number of nitrogen functional groups attached to an aromatic ring is 1. The number of aromatic nitrogens is 5. The van der Waals surface area contributed by atoms with Crippen molar-refractivity contribution in [2.24, 2.45) is 0 Å². The van der Waals surface area contributed by atoms with Crippen LogP contribution in [0, 0.1) is 0 Å². The van der Waals surface area contributed by atoms with Crippen LogP contribution in [0.1, 0.15) is 47.8 Å². The fourth-order valence-electron chi connectivity index (χ4n) is 5.27.